The molecule has 7 heteroatoms. The summed E-state index contributed by atoms with van der Waals surface area (Å²) in [5.74, 6) is 0.662. The largest absolute Gasteiger partial charge is 0.487 e. The van der Waals surface area contributed by atoms with E-state index in [1.807, 2.05) is 28.2 Å². The summed E-state index contributed by atoms with van der Waals surface area (Å²) in [4.78, 5) is 16.2. The van der Waals surface area contributed by atoms with Gasteiger partial charge >= 0.3 is 0 Å². The highest BCUT2D eigenvalue weighted by Gasteiger charge is 2.29. The molecule has 0 bridgehead atoms. The number of anilines is 1. The van der Waals surface area contributed by atoms with E-state index in [1.165, 1.54) is 12.1 Å². The van der Waals surface area contributed by atoms with Gasteiger partial charge in [-0.25, -0.2) is 4.39 Å². The van der Waals surface area contributed by atoms with Crippen molar-refractivity contribution in [3.05, 3.63) is 34.4 Å². The molecule has 1 N–H and O–H groups in total. The van der Waals surface area contributed by atoms with Gasteiger partial charge in [-0.2, -0.15) is 0 Å². The van der Waals surface area contributed by atoms with Crippen molar-refractivity contribution < 1.29 is 9.13 Å². The van der Waals surface area contributed by atoms with Gasteiger partial charge in [0.1, 0.15) is 12.3 Å². The molecule has 1 aromatic heterocycles. The number of pyridine rings is 1. The molecule has 2 aliphatic heterocycles. The van der Waals surface area contributed by atoms with Gasteiger partial charge in [0, 0.05) is 44.9 Å². The number of benzene rings is 1. The monoisotopic (exact) mass is 358 g/mol. The topological polar surface area (TPSA) is 61.6 Å². The maximum Gasteiger partial charge on any atom is 0.189 e. The first-order chi connectivity index (χ1) is 12.5. The Kier molecular flexibility index (Phi) is 4.09. The van der Waals surface area contributed by atoms with Gasteiger partial charge in [0.15, 0.2) is 17.0 Å². The maximum atomic E-state index is 15.0. The van der Waals surface area contributed by atoms with E-state index in [-0.39, 0.29) is 11.5 Å². The fourth-order valence-corrected chi connectivity index (χ4v) is 3.87. The van der Waals surface area contributed by atoms with Gasteiger partial charge in [-0.3, -0.25) is 10.2 Å². The Balaban J connectivity index is 1.79. The standard InChI is InChI=1S/C19H23FN4O2/c1-3-16(21)22-6-8-23(9-7-22)18-14(20)10-13-15(25)4-5-24-12(2)11-26-19(18)17(13)24/h4-5,10,12,21H,3,6-9,11H2,1-2H3. The molecule has 1 saturated heterocycles. The molecule has 26 heavy (non-hydrogen) atoms. The van der Waals surface area contributed by atoms with Crippen LogP contribution in [0.5, 0.6) is 5.75 Å². The first-order valence-electron chi connectivity index (χ1n) is 9.08. The van der Waals surface area contributed by atoms with Gasteiger partial charge in [0.2, 0.25) is 0 Å². The Bertz CT molecular complexity index is 931. The molecule has 4 rings (SSSR count). The van der Waals surface area contributed by atoms with Crippen LogP contribution in [0.3, 0.4) is 0 Å². The SMILES string of the molecule is CCC(=N)N1CCN(c2c(F)cc3c(=O)ccn4c3c2OCC4C)CC1. The Morgan fingerprint density at radius 3 is 2.77 bits per heavy atom. The fraction of sp³-hybridized carbons (Fsp3) is 0.474. The van der Waals surface area contributed by atoms with E-state index in [4.69, 9.17) is 10.1 Å². The average molecular weight is 358 g/mol. The van der Waals surface area contributed by atoms with E-state index in [9.17, 15) is 9.18 Å². The van der Waals surface area contributed by atoms with Crippen LogP contribution in [0.2, 0.25) is 0 Å². The lowest BCUT2D eigenvalue weighted by Crippen LogP contribution is -2.49. The van der Waals surface area contributed by atoms with Crippen molar-refractivity contribution >= 4 is 22.4 Å². The van der Waals surface area contributed by atoms with Crippen molar-refractivity contribution in [3.8, 4) is 5.75 Å². The summed E-state index contributed by atoms with van der Waals surface area (Å²) in [6, 6.07) is 2.92. The minimum Gasteiger partial charge on any atom is -0.487 e. The molecule has 2 aliphatic rings. The van der Waals surface area contributed by atoms with Crippen LogP contribution in [0.15, 0.2) is 23.1 Å². The predicted octanol–water partition coefficient (Wildman–Crippen LogP) is 2.60. The number of nitrogens with one attached hydrogen (secondary N) is 1. The Morgan fingerprint density at radius 1 is 1.35 bits per heavy atom. The second kappa shape index (κ2) is 6.30. The molecule has 138 valence electrons. The fourth-order valence-electron chi connectivity index (χ4n) is 3.87. The summed E-state index contributed by atoms with van der Waals surface area (Å²) >= 11 is 0. The van der Waals surface area contributed by atoms with Gasteiger partial charge in [0.25, 0.3) is 0 Å². The van der Waals surface area contributed by atoms with Crippen molar-refractivity contribution in [2.45, 2.75) is 26.3 Å². The van der Waals surface area contributed by atoms with Gasteiger partial charge in [0.05, 0.1) is 22.8 Å². The van der Waals surface area contributed by atoms with Crippen LogP contribution < -0.4 is 15.1 Å². The molecule has 2 aromatic rings. The van der Waals surface area contributed by atoms with Crippen LogP contribution in [0.1, 0.15) is 26.3 Å². The van der Waals surface area contributed by atoms with E-state index in [0.29, 0.717) is 67.4 Å². The first kappa shape index (κ1) is 16.9. The van der Waals surface area contributed by atoms with Crippen LogP contribution in [0.25, 0.3) is 10.9 Å². The molecule has 1 fully saturated rings. The third kappa shape index (κ3) is 2.53. The second-order valence-electron chi connectivity index (χ2n) is 6.95. The summed E-state index contributed by atoms with van der Waals surface area (Å²) in [6.45, 7) is 7.04. The lowest BCUT2D eigenvalue weighted by atomic mass is 10.1. The molecule has 0 aliphatic carbocycles. The average Bonchev–Trinajstić information content (AvgIpc) is 2.65. The van der Waals surface area contributed by atoms with Gasteiger partial charge in [-0.1, -0.05) is 6.92 Å². The number of hydrogen-bond acceptors (Lipinski definition) is 4. The van der Waals surface area contributed by atoms with Gasteiger partial charge < -0.3 is 19.1 Å². The number of rotatable bonds is 2. The molecule has 1 aromatic carbocycles. The Morgan fingerprint density at radius 2 is 2.08 bits per heavy atom. The van der Waals surface area contributed by atoms with Crippen LogP contribution in [-0.4, -0.2) is 48.1 Å². The Hall–Kier alpha value is -2.57. The molecular formula is C19H23FN4O2. The number of amidine groups is 1. The number of hydrogen-bond donors (Lipinski definition) is 1. The second-order valence-corrected chi connectivity index (χ2v) is 6.95. The summed E-state index contributed by atoms with van der Waals surface area (Å²) in [7, 11) is 0. The minimum absolute atomic E-state index is 0.0887. The highest BCUT2D eigenvalue weighted by atomic mass is 19.1. The molecule has 6 nitrogen and oxygen atoms in total. The summed E-state index contributed by atoms with van der Waals surface area (Å²) in [5.41, 5.74) is 0.921. The van der Waals surface area contributed by atoms with Crippen LogP contribution in [0.4, 0.5) is 10.1 Å². The van der Waals surface area contributed by atoms with Crippen molar-refractivity contribution in [2.24, 2.45) is 0 Å². The van der Waals surface area contributed by atoms with Gasteiger partial charge in [-0.05, 0) is 13.0 Å². The van der Waals surface area contributed by atoms with E-state index in [0.717, 1.165) is 0 Å². The zero-order valence-corrected chi connectivity index (χ0v) is 15.1. The van der Waals surface area contributed by atoms with Crippen LogP contribution in [-0.2, 0) is 0 Å². The lowest BCUT2D eigenvalue weighted by Gasteiger charge is -2.39. The molecule has 0 radical (unpaired) electrons. The summed E-state index contributed by atoms with van der Waals surface area (Å²) < 4.78 is 22.9. The molecule has 0 saturated carbocycles. The smallest absolute Gasteiger partial charge is 0.189 e. The van der Waals surface area contributed by atoms with E-state index < -0.39 is 5.82 Å². The number of piperazine rings is 1. The molecule has 1 unspecified atom stereocenters. The quantitative estimate of drug-likeness (QED) is 0.662. The molecule has 0 amide bonds. The lowest BCUT2D eigenvalue weighted by molar-refractivity contribution is 0.246. The van der Waals surface area contributed by atoms with Crippen molar-refractivity contribution in [3.63, 3.8) is 0 Å². The summed E-state index contributed by atoms with van der Waals surface area (Å²) in [6.07, 6.45) is 2.46. The zero-order valence-electron chi connectivity index (χ0n) is 15.1. The van der Waals surface area contributed by atoms with E-state index in [2.05, 4.69) is 0 Å². The first-order valence-corrected chi connectivity index (χ1v) is 9.08. The van der Waals surface area contributed by atoms with Gasteiger partial charge in [-0.15, -0.1) is 0 Å². The highest BCUT2D eigenvalue weighted by Crippen LogP contribution is 2.41. The normalized spacial score (nSPS) is 19.6. The number of aromatic nitrogens is 1. The molecule has 3 heterocycles. The van der Waals surface area contributed by atoms with Crippen molar-refractivity contribution in [1.29, 1.82) is 5.41 Å². The van der Waals surface area contributed by atoms with E-state index >= 15 is 0 Å². The third-order valence-corrected chi connectivity index (χ3v) is 5.35. The number of nitrogens with zero attached hydrogens (tertiary/aromatic N) is 3. The van der Waals surface area contributed by atoms with Crippen molar-refractivity contribution in [1.82, 2.24) is 9.47 Å². The highest BCUT2D eigenvalue weighted by molar-refractivity contribution is 5.92. The zero-order chi connectivity index (χ0) is 18.4. The van der Waals surface area contributed by atoms with Crippen LogP contribution >= 0.6 is 0 Å². The Labute approximate surface area is 151 Å². The number of halogens is 1. The van der Waals surface area contributed by atoms with Crippen LogP contribution in [0, 0.1) is 11.2 Å². The molecular weight excluding hydrogens is 335 g/mol. The third-order valence-electron chi connectivity index (χ3n) is 5.35. The number of ether oxygens (including phenoxy) is 1. The van der Waals surface area contributed by atoms with Crippen molar-refractivity contribution in [2.75, 3.05) is 37.7 Å². The maximum absolute atomic E-state index is 15.0. The minimum atomic E-state index is -0.420. The predicted molar refractivity (Wildman–Crippen MR) is 100 cm³/mol. The molecule has 1 atom stereocenters. The van der Waals surface area contributed by atoms with E-state index in [1.54, 1.807) is 6.20 Å². The molecule has 0 spiro atoms. The summed E-state index contributed by atoms with van der Waals surface area (Å²) in [5, 5.41) is 8.35.